The van der Waals surface area contributed by atoms with Crippen molar-refractivity contribution in [3.8, 4) is 0 Å². The minimum absolute atomic E-state index is 0.0143. The summed E-state index contributed by atoms with van der Waals surface area (Å²) in [5.74, 6) is -1.06. The first-order chi connectivity index (χ1) is 9.50. The van der Waals surface area contributed by atoms with Gasteiger partial charge in [-0.05, 0) is 26.2 Å². The first-order valence-corrected chi connectivity index (χ1v) is 7.56. The van der Waals surface area contributed by atoms with E-state index >= 15 is 0 Å². The number of carboxylic acid groups (broad SMARTS) is 1. The van der Waals surface area contributed by atoms with Crippen molar-refractivity contribution in [1.82, 2.24) is 9.47 Å². The number of hydrogen-bond donors (Lipinski definition) is 1. The molecule has 1 aliphatic rings. The Labute approximate surface area is 120 Å². The van der Waals surface area contributed by atoms with Crippen molar-refractivity contribution in [1.29, 1.82) is 0 Å². The Morgan fingerprint density at radius 1 is 1.50 bits per heavy atom. The third kappa shape index (κ3) is 3.09. The van der Waals surface area contributed by atoms with E-state index in [0.717, 1.165) is 23.5 Å². The number of aromatic nitrogens is 1. The zero-order valence-electron chi connectivity index (χ0n) is 11.4. The molecule has 0 spiro atoms. The molecule has 0 radical (unpaired) electrons. The van der Waals surface area contributed by atoms with E-state index in [-0.39, 0.29) is 17.2 Å². The summed E-state index contributed by atoms with van der Waals surface area (Å²) < 4.78 is 1.65. The zero-order chi connectivity index (χ0) is 14.7. The molecule has 0 aromatic carbocycles. The molecule has 1 N–H and O–H groups in total. The summed E-state index contributed by atoms with van der Waals surface area (Å²) >= 11 is 1.15. The maximum atomic E-state index is 12.0. The van der Waals surface area contributed by atoms with Crippen LogP contribution in [0.2, 0.25) is 0 Å². The van der Waals surface area contributed by atoms with Gasteiger partial charge < -0.3 is 14.6 Å². The van der Waals surface area contributed by atoms with Crippen LogP contribution in [0.5, 0.6) is 0 Å². The second-order valence-electron chi connectivity index (χ2n) is 4.98. The van der Waals surface area contributed by atoms with E-state index in [9.17, 15) is 14.4 Å². The van der Waals surface area contributed by atoms with E-state index in [2.05, 4.69) is 0 Å². The van der Waals surface area contributed by atoms with Gasteiger partial charge in [0.05, 0.1) is 0 Å². The molecule has 1 amide bonds. The second kappa shape index (κ2) is 6.21. The number of aliphatic carboxylic acids is 1. The van der Waals surface area contributed by atoms with Crippen LogP contribution < -0.4 is 4.87 Å². The lowest BCUT2D eigenvalue weighted by molar-refractivity contribution is -0.148. The molecule has 7 heteroatoms. The van der Waals surface area contributed by atoms with Crippen LogP contribution in [0.4, 0.5) is 0 Å². The molecule has 1 atom stereocenters. The Hall–Kier alpha value is -1.63. The minimum atomic E-state index is -0.930. The lowest BCUT2D eigenvalue weighted by Gasteiger charge is -2.21. The van der Waals surface area contributed by atoms with Crippen molar-refractivity contribution >= 4 is 23.2 Å². The molecule has 0 saturated carbocycles. The summed E-state index contributed by atoms with van der Waals surface area (Å²) in [6, 6.07) is -0.673. The normalized spacial score (nSPS) is 18.4. The smallest absolute Gasteiger partial charge is 0.326 e. The van der Waals surface area contributed by atoms with Crippen molar-refractivity contribution < 1.29 is 14.7 Å². The van der Waals surface area contributed by atoms with Gasteiger partial charge in [0.25, 0.3) is 0 Å². The van der Waals surface area contributed by atoms with Crippen LogP contribution in [0.1, 0.15) is 31.4 Å². The number of rotatable bonds is 5. The Morgan fingerprint density at radius 2 is 2.25 bits per heavy atom. The van der Waals surface area contributed by atoms with Gasteiger partial charge in [-0.2, -0.15) is 0 Å². The predicted octanol–water partition coefficient (Wildman–Crippen LogP) is 1.07. The Bertz CT molecular complexity index is 563. The number of carboxylic acids is 1. The lowest BCUT2D eigenvalue weighted by atomic mass is 10.2. The van der Waals surface area contributed by atoms with E-state index in [0.29, 0.717) is 25.9 Å². The molecule has 0 unspecified atom stereocenters. The Morgan fingerprint density at radius 3 is 2.85 bits per heavy atom. The molecule has 110 valence electrons. The summed E-state index contributed by atoms with van der Waals surface area (Å²) in [6.45, 7) is 2.89. The number of thiazole rings is 1. The van der Waals surface area contributed by atoms with Crippen LogP contribution in [0.3, 0.4) is 0 Å². The fourth-order valence-electron chi connectivity index (χ4n) is 2.53. The fraction of sp³-hybridized carbons (Fsp3) is 0.615. The third-order valence-electron chi connectivity index (χ3n) is 3.61. The molecule has 1 aromatic heterocycles. The molecule has 1 aliphatic heterocycles. The zero-order valence-corrected chi connectivity index (χ0v) is 12.2. The molecule has 0 aliphatic carbocycles. The van der Waals surface area contributed by atoms with Gasteiger partial charge in [0.2, 0.25) is 5.91 Å². The molecular weight excluding hydrogens is 280 g/mol. The van der Waals surface area contributed by atoms with Crippen LogP contribution in [0.15, 0.2) is 10.2 Å². The predicted molar refractivity (Wildman–Crippen MR) is 74.9 cm³/mol. The molecule has 2 rings (SSSR count). The van der Waals surface area contributed by atoms with E-state index in [1.54, 1.807) is 9.95 Å². The lowest BCUT2D eigenvalue weighted by Crippen LogP contribution is -2.40. The van der Waals surface area contributed by atoms with E-state index in [4.69, 9.17) is 5.11 Å². The van der Waals surface area contributed by atoms with Crippen molar-refractivity contribution in [2.75, 3.05) is 6.54 Å². The number of hydrogen-bond acceptors (Lipinski definition) is 4. The molecule has 0 bridgehead atoms. The van der Waals surface area contributed by atoms with Crippen LogP contribution >= 0.6 is 11.3 Å². The van der Waals surface area contributed by atoms with Gasteiger partial charge >= 0.3 is 10.8 Å². The van der Waals surface area contributed by atoms with E-state index in [1.807, 2.05) is 6.92 Å². The van der Waals surface area contributed by atoms with Crippen molar-refractivity contribution in [3.63, 3.8) is 0 Å². The SMILES string of the molecule is Cc1csc(=O)n1CCCC(=O)N1CCC[C@@H]1C(=O)O. The van der Waals surface area contributed by atoms with Gasteiger partial charge in [-0.3, -0.25) is 9.59 Å². The van der Waals surface area contributed by atoms with Gasteiger partial charge in [0.15, 0.2) is 0 Å². The van der Waals surface area contributed by atoms with E-state index in [1.165, 1.54) is 4.90 Å². The topological polar surface area (TPSA) is 79.6 Å². The summed E-state index contributed by atoms with van der Waals surface area (Å²) in [4.78, 5) is 36.0. The second-order valence-corrected chi connectivity index (χ2v) is 5.80. The average Bonchev–Trinajstić information content (AvgIpc) is 2.99. The summed E-state index contributed by atoms with van der Waals surface area (Å²) in [6.07, 6.45) is 2.11. The Balaban J connectivity index is 1.87. The molecule has 1 fully saturated rings. The molecule has 1 aromatic rings. The fourth-order valence-corrected chi connectivity index (χ4v) is 3.29. The summed E-state index contributed by atoms with van der Waals surface area (Å²) in [7, 11) is 0. The molecule has 6 nitrogen and oxygen atoms in total. The number of likely N-dealkylation sites (tertiary alicyclic amines) is 1. The Kier molecular flexibility index (Phi) is 4.59. The maximum Gasteiger partial charge on any atom is 0.326 e. The van der Waals surface area contributed by atoms with Crippen molar-refractivity contribution in [2.24, 2.45) is 0 Å². The monoisotopic (exact) mass is 298 g/mol. The van der Waals surface area contributed by atoms with Gasteiger partial charge in [0.1, 0.15) is 6.04 Å². The van der Waals surface area contributed by atoms with Crippen LogP contribution in [-0.2, 0) is 16.1 Å². The summed E-state index contributed by atoms with van der Waals surface area (Å²) in [5, 5.41) is 10.8. The average molecular weight is 298 g/mol. The first-order valence-electron chi connectivity index (χ1n) is 6.68. The van der Waals surface area contributed by atoms with Crippen LogP contribution in [0.25, 0.3) is 0 Å². The number of aryl methyl sites for hydroxylation is 1. The van der Waals surface area contributed by atoms with Crippen molar-refractivity contribution in [2.45, 2.75) is 45.2 Å². The maximum absolute atomic E-state index is 12.0. The number of carbonyl (C=O) groups excluding carboxylic acids is 1. The van der Waals surface area contributed by atoms with Crippen LogP contribution in [-0.4, -0.2) is 39.0 Å². The highest BCUT2D eigenvalue weighted by Gasteiger charge is 2.33. The van der Waals surface area contributed by atoms with Gasteiger partial charge in [-0.15, -0.1) is 0 Å². The number of amides is 1. The van der Waals surface area contributed by atoms with Crippen molar-refractivity contribution in [3.05, 3.63) is 20.7 Å². The molecular formula is C13H18N2O4S. The molecule has 2 heterocycles. The highest BCUT2D eigenvalue weighted by molar-refractivity contribution is 7.07. The standard InChI is InChI=1S/C13H18N2O4S/c1-9-8-20-13(19)14(9)6-3-5-11(16)15-7-2-4-10(15)12(17)18/h8,10H,2-7H2,1H3,(H,17,18)/t10-/m1/s1. The van der Waals surface area contributed by atoms with Gasteiger partial charge in [-0.25, -0.2) is 4.79 Å². The van der Waals surface area contributed by atoms with Gasteiger partial charge in [-0.1, -0.05) is 11.3 Å². The molecule has 1 saturated heterocycles. The first kappa shape index (κ1) is 14.8. The minimum Gasteiger partial charge on any atom is -0.480 e. The summed E-state index contributed by atoms with van der Waals surface area (Å²) in [5.41, 5.74) is 0.900. The number of carbonyl (C=O) groups is 2. The van der Waals surface area contributed by atoms with E-state index < -0.39 is 12.0 Å². The quantitative estimate of drug-likeness (QED) is 0.882. The highest BCUT2D eigenvalue weighted by Crippen LogP contribution is 2.19. The highest BCUT2D eigenvalue weighted by atomic mass is 32.1. The largest absolute Gasteiger partial charge is 0.480 e. The van der Waals surface area contributed by atoms with Gasteiger partial charge in [0, 0.05) is 30.6 Å². The third-order valence-corrected chi connectivity index (χ3v) is 4.49. The molecule has 20 heavy (non-hydrogen) atoms. The number of nitrogens with zero attached hydrogens (tertiary/aromatic N) is 2. The van der Waals surface area contributed by atoms with Crippen LogP contribution in [0, 0.1) is 6.92 Å².